The van der Waals surface area contributed by atoms with Gasteiger partial charge in [0, 0.05) is 40.6 Å². The summed E-state index contributed by atoms with van der Waals surface area (Å²) in [7, 11) is 0. The molecule has 150 valence electrons. The van der Waals surface area contributed by atoms with Crippen molar-refractivity contribution in [2.24, 2.45) is 5.10 Å². The summed E-state index contributed by atoms with van der Waals surface area (Å²) in [4.78, 5) is 19.5. The molecule has 6 heteroatoms. The first-order valence-corrected chi connectivity index (χ1v) is 9.64. The van der Waals surface area contributed by atoms with E-state index in [4.69, 9.17) is 4.74 Å². The Kier molecular flexibility index (Phi) is 5.57. The second kappa shape index (κ2) is 8.61. The summed E-state index contributed by atoms with van der Waals surface area (Å²) < 4.78 is 5.77. The minimum absolute atomic E-state index is 0.112. The highest BCUT2D eigenvalue weighted by Crippen LogP contribution is 2.29. The maximum absolute atomic E-state index is 12.2. The van der Waals surface area contributed by atoms with Crippen LogP contribution in [0.25, 0.3) is 22.0 Å². The van der Waals surface area contributed by atoms with Crippen LogP contribution in [0.4, 0.5) is 0 Å². The average molecular weight is 398 g/mol. The van der Waals surface area contributed by atoms with E-state index < -0.39 is 0 Å². The summed E-state index contributed by atoms with van der Waals surface area (Å²) in [5.41, 5.74) is 8.48. The van der Waals surface area contributed by atoms with E-state index in [2.05, 4.69) is 20.5 Å². The van der Waals surface area contributed by atoms with Crippen LogP contribution >= 0.6 is 0 Å². The molecular formula is C24H22N4O2. The predicted molar refractivity (Wildman–Crippen MR) is 119 cm³/mol. The molecule has 0 aliphatic heterocycles. The van der Waals surface area contributed by atoms with E-state index in [1.54, 1.807) is 12.4 Å². The first kappa shape index (κ1) is 19.4. The van der Waals surface area contributed by atoms with Gasteiger partial charge in [0.05, 0.1) is 6.21 Å². The van der Waals surface area contributed by atoms with Crippen LogP contribution in [0.1, 0.15) is 16.7 Å². The van der Waals surface area contributed by atoms with E-state index in [0.29, 0.717) is 5.75 Å². The maximum Gasteiger partial charge on any atom is 0.277 e. The number of nitrogens with zero attached hydrogens (tertiary/aromatic N) is 2. The van der Waals surface area contributed by atoms with E-state index in [1.165, 1.54) is 0 Å². The van der Waals surface area contributed by atoms with E-state index in [9.17, 15) is 4.79 Å². The number of para-hydroxylation sites is 1. The van der Waals surface area contributed by atoms with Crippen molar-refractivity contribution in [1.29, 1.82) is 0 Å². The second-order valence-corrected chi connectivity index (χ2v) is 7.05. The minimum atomic E-state index is -0.318. The topological polar surface area (TPSA) is 79.4 Å². The van der Waals surface area contributed by atoms with E-state index in [0.717, 1.165) is 38.7 Å². The molecule has 1 amide bonds. The Hall–Kier alpha value is -3.93. The Labute approximate surface area is 174 Å². The van der Waals surface area contributed by atoms with E-state index >= 15 is 0 Å². The Bertz CT molecular complexity index is 1190. The van der Waals surface area contributed by atoms with Gasteiger partial charge >= 0.3 is 0 Å². The van der Waals surface area contributed by atoms with Crippen LogP contribution in [0.5, 0.6) is 5.75 Å². The highest BCUT2D eigenvalue weighted by atomic mass is 16.5. The number of carbonyl (C=O) groups excluding carboxylic acids is 1. The molecule has 2 aromatic heterocycles. The molecule has 0 unspecified atom stereocenters. The van der Waals surface area contributed by atoms with Gasteiger partial charge < -0.3 is 9.72 Å². The molecule has 0 saturated carbocycles. The van der Waals surface area contributed by atoms with Crippen LogP contribution in [0.3, 0.4) is 0 Å². The smallest absolute Gasteiger partial charge is 0.277 e. The lowest BCUT2D eigenvalue weighted by Crippen LogP contribution is -2.25. The van der Waals surface area contributed by atoms with Gasteiger partial charge in [-0.15, -0.1) is 0 Å². The van der Waals surface area contributed by atoms with E-state index in [-0.39, 0.29) is 12.5 Å². The molecule has 0 aliphatic carbocycles. The van der Waals surface area contributed by atoms with Crippen molar-refractivity contribution in [2.75, 3.05) is 6.61 Å². The van der Waals surface area contributed by atoms with Gasteiger partial charge in [0.25, 0.3) is 5.91 Å². The molecule has 4 aromatic rings. The lowest BCUT2D eigenvalue weighted by atomic mass is 10.0. The molecule has 0 radical (unpaired) electrons. The third kappa shape index (κ3) is 4.22. The number of aryl methyl sites for hydroxylation is 2. The zero-order valence-corrected chi connectivity index (χ0v) is 16.8. The van der Waals surface area contributed by atoms with Crippen LogP contribution in [-0.4, -0.2) is 28.7 Å². The highest BCUT2D eigenvalue weighted by Gasteiger charge is 2.10. The molecule has 2 aromatic carbocycles. The Morgan fingerprint density at radius 1 is 1.13 bits per heavy atom. The Morgan fingerprint density at radius 3 is 2.70 bits per heavy atom. The molecule has 0 aliphatic rings. The van der Waals surface area contributed by atoms with Gasteiger partial charge in [-0.05, 0) is 54.8 Å². The third-order valence-electron chi connectivity index (χ3n) is 4.82. The van der Waals surface area contributed by atoms with Gasteiger partial charge in [-0.3, -0.25) is 9.78 Å². The SMILES string of the molecule is Cc1cc(-c2cccnc2)cc(C)c1OCC(=O)N/N=C/c1c[nH]c2ccccc12. The predicted octanol–water partition coefficient (Wildman–Crippen LogP) is 4.38. The van der Waals surface area contributed by atoms with Gasteiger partial charge in [-0.2, -0.15) is 5.10 Å². The third-order valence-corrected chi connectivity index (χ3v) is 4.82. The molecule has 0 spiro atoms. The number of ether oxygens (including phenoxy) is 1. The standard InChI is InChI=1S/C24H22N4O2/c1-16-10-19(18-6-5-9-25-12-18)11-17(2)24(16)30-15-23(29)28-27-14-20-13-26-22-8-4-3-7-21(20)22/h3-14,26H,15H2,1-2H3,(H,28,29)/b27-14+. The number of fused-ring (bicyclic) bond motifs is 1. The number of H-pyrrole nitrogens is 1. The summed E-state index contributed by atoms with van der Waals surface area (Å²) in [6.45, 7) is 3.82. The molecule has 6 nitrogen and oxygen atoms in total. The fraction of sp³-hybridized carbons (Fsp3) is 0.125. The number of aromatic nitrogens is 2. The lowest BCUT2D eigenvalue weighted by Gasteiger charge is -2.13. The quantitative estimate of drug-likeness (QED) is 0.374. The molecule has 0 atom stereocenters. The number of amides is 1. The van der Waals surface area contributed by atoms with E-state index in [1.807, 2.05) is 74.8 Å². The van der Waals surface area contributed by atoms with Crippen molar-refractivity contribution >= 4 is 23.0 Å². The van der Waals surface area contributed by atoms with Gasteiger partial charge in [0.1, 0.15) is 5.75 Å². The summed E-state index contributed by atoms with van der Waals surface area (Å²) >= 11 is 0. The largest absolute Gasteiger partial charge is 0.483 e. The van der Waals surface area contributed by atoms with Gasteiger partial charge in [-0.1, -0.05) is 24.3 Å². The molecule has 30 heavy (non-hydrogen) atoms. The van der Waals surface area contributed by atoms with Gasteiger partial charge in [0.2, 0.25) is 0 Å². The van der Waals surface area contributed by atoms with Crippen molar-refractivity contribution in [3.05, 3.63) is 83.8 Å². The average Bonchev–Trinajstić information content (AvgIpc) is 3.17. The van der Waals surface area contributed by atoms with Crippen molar-refractivity contribution in [3.63, 3.8) is 0 Å². The number of aromatic amines is 1. The van der Waals surface area contributed by atoms with Crippen molar-refractivity contribution in [1.82, 2.24) is 15.4 Å². The van der Waals surface area contributed by atoms with Crippen LogP contribution in [-0.2, 0) is 4.79 Å². The summed E-state index contributed by atoms with van der Waals surface area (Å²) in [6, 6.07) is 15.9. The number of nitrogens with one attached hydrogen (secondary N) is 2. The molecule has 0 bridgehead atoms. The maximum atomic E-state index is 12.2. The number of carbonyl (C=O) groups is 1. The summed E-state index contributed by atoms with van der Waals surface area (Å²) in [6.07, 6.45) is 7.05. The number of rotatable bonds is 6. The molecular weight excluding hydrogens is 376 g/mol. The first-order valence-electron chi connectivity index (χ1n) is 9.64. The van der Waals surface area contributed by atoms with Crippen molar-refractivity contribution in [3.8, 4) is 16.9 Å². The van der Waals surface area contributed by atoms with Crippen molar-refractivity contribution in [2.45, 2.75) is 13.8 Å². The normalized spacial score (nSPS) is 11.1. The monoisotopic (exact) mass is 398 g/mol. The van der Waals surface area contributed by atoms with Crippen LogP contribution in [0, 0.1) is 13.8 Å². The lowest BCUT2D eigenvalue weighted by molar-refractivity contribution is -0.123. The number of benzene rings is 2. The molecule has 4 rings (SSSR count). The van der Waals surface area contributed by atoms with Gasteiger partial charge in [0.15, 0.2) is 6.61 Å². The summed E-state index contributed by atoms with van der Waals surface area (Å²) in [5.74, 6) is 0.389. The molecule has 0 saturated heterocycles. The zero-order chi connectivity index (χ0) is 20.9. The number of pyridine rings is 1. The second-order valence-electron chi connectivity index (χ2n) is 7.05. The van der Waals surface area contributed by atoms with Crippen molar-refractivity contribution < 1.29 is 9.53 Å². The highest BCUT2D eigenvalue weighted by molar-refractivity contribution is 5.99. The van der Waals surface area contributed by atoms with Gasteiger partial charge in [-0.25, -0.2) is 5.43 Å². The zero-order valence-electron chi connectivity index (χ0n) is 16.8. The summed E-state index contributed by atoms with van der Waals surface area (Å²) in [5, 5.41) is 5.09. The molecule has 2 N–H and O–H groups in total. The fourth-order valence-corrected chi connectivity index (χ4v) is 3.42. The number of hydrogen-bond acceptors (Lipinski definition) is 4. The fourth-order valence-electron chi connectivity index (χ4n) is 3.42. The van der Waals surface area contributed by atoms with Crippen LogP contribution in [0.15, 0.2) is 72.2 Å². The number of hydrogen-bond donors (Lipinski definition) is 2. The Balaban J connectivity index is 1.38. The van der Waals surface area contributed by atoms with Crippen LogP contribution in [0.2, 0.25) is 0 Å². The number of hydrazone groups is 1. The Morgan fingerprint density at radius 2 is 1.93 bits per heavy atom. The van der Waals surface area contributed by atoms with Crippen LogP contribution < -0.4 is 10.2 Å². The molecule has 0 fully saturated rings. The first-order chi connectivity index (χ1) is 14.6. The molecule has 2 heterocycles. The minimum Gasteiger partial charge on any atom is -0.483 e.